The first kappa shape index (κ1) is 13.0. The van der Waals surface area contributed by atoms with E-state index in [-0.39, 0.29) is 0 Å². The fourth-order valence-electron chi connectivity index (χ4n) is 3.58. The summed E-state index contributed by atoms with van der Waals surface area (Å²) in [5.41, 5.74) is 1.09. The number of rotatable bonds is 3. The average Bonchev–Trinajstić information content (AvgIpc) is 3.17. The number of hydrogen-bond acceptors (Lipinski definition) is 4. The molecule has 21 heavy (non-hydrogen) atoms. The molecular formula is C17H21N3O. The van der Waals surface area contributed by atoms with E-state index in [4.69, 9.17) is 4.42 Å². The standard InChI is InChI=1S/C17H21N3O/c1-2-4-13(5-3-1)16-10-19-17(21-16)12-20-9-7-15-14(11-20)6-8-18-15/h1-5,10,14-15,18H,6-9,11-12H2. The van der Waals surface area contributed by atoms with Crippen molar-refractivity contribution in [3.05, 3.63) is 42.4 Å². The minimum Gasteiger partial charge on any atom is -0.439 e. The van der Waals surface area contributed by atoms with Crippen molar-refractivity contribution >= 4 is 0 Å². The summed E-state index contributed by atoms with van der Waals surface area (Å²) >= 11 is 0. The van der Waals surface area contributed by atoms with E-state index in [9.17, 15) is 0 Å². The smallest absolute Gasteiger partial charge is 0.209 e. The summed E-state index contributed by atoms with van der Waals surface area (Å²) in [6, 6.07) is 10.9. The lowest BCUT2D eigenvalue weighted by molar-refractivity contribution is 0.144. The third-order valence-corrected chi connectivity index (χ3v) is 4.71. The molecule has 1 aromatic heterocycles. The van der Waals surface area contributed by atoms with Crippen LogP contribution >= 0.6 is 0 Å². The predicted octanol–water partition coefficient (Wildman–Crippen LogP) is 2.53. The van der Waals surface area contributed by atoms with Crippen LogP contribution in [0.4, 0.5) is 0 Å². The number of oxazole rings is 1. The van der Waals surface area contributed by atoms with E-state index in [1.54, 1.807) is 0 Å². The highest BCUT2D eigenvalue weighted by Gasteiger charge is 2.32. The molecule has 110 valence electrons. The molecule has 2 unspecified atom stereocenters. The van der Waals surface area contributed by atoms with Gasteiger partial charge in [-0.15, -0.1) is 0 Å². The van der Waals surface area contributed by atoms with Gasteiger partial charge in [-0.05, 0) is 25.3 Å². The topological polar surface area (TPSA) is 41.3 Å². The van der Waals surface area contributed by atoms with Crippen molar-refractivity contribution in [2.24, 2.45) is 5.92 Å². The van der Waals surface area contributed by atoms with Gasteiger partial charge in [-0.3, -0.25) is 4.90 Å². The van der Waals surface area contributed by atoms with Crippen LogP contribution in [0, 0.1) is 5.92 Å². The van der Waals surface area contributed by atoms with Gasteiger partial charge in [-0.25, -0.2) is 4.98 Å². The summed E-state index contributed by atoms with van der Waals surface area (Å²) in [5.74, 6) is 2.50. The Morgan fingerprint density at radius 3 is 3.05 bits per heavy atom. The number of fused-ring (bicyclic) bond motifs is 1. The molecule has 4 rings (SSSR count). The Bertz CT molecular complexity index is 595. The number of benzene rings is 1. The maximum Gasteiger partial charge on any atom is 0.209 e. The van der Waals surface area contributed by atoms with E-state index in [1.165, 1.54) is 25.9 Å². The highest BCUT2D eigenvalue weighted by Crippen LogP contribution is 2.26. The fraction of sp³-hybridized carbons (Fsp3) is 0.471. The Balaban J connectivity index is 1.42. The molecule has 3 heterocycles. The van der Waals surface area contributed by atoms with Gasteiger partial charge in [-0.2, -0.15) is 0 Å². The summed E-state index contributed by atoms with van der Waals surface area (Å²) in [7, 11) is 0. The van der Waals surface area contributed by atoms with Crippen LogP contribution in [0.1, 0.15) is 18.7 Å². The SMILES string of the molecule is c1ccc(-c2cnc(CN3CCC4NCCC4C3)o2)cc1. The van der Waals surface area contributed by atoms with Gasteiger partial charge in [0, 0.05) is 24.7 Å². The second-order valence-electron chi connectivity index (χ2n) is 6.12. The minimum absolute atomic E-state index is 0.741. The largest absolute Gasteiger partial charge is 0.439 e. The number of nitrogens with zero attached hydrogens (tertiary/aromatic N) is 2. The zero-order chi connectivity index (χ0) is 14.1. The van der Waals surface area contributed by atoms with Crippen LogP contribution in [0.25, 0.3) is 11.3 Å². The fourth-order valence-corrected chi connectivity index (χ4v) is 3.58. The number of nitrogens with one attached hydrogen (secondary N) is 1. The van der Waals surface area contributed by atoms with Crippen LogP contribution < -0.4 is 5.32 Å². The van der Waals surface area contributed by atoms with Crippen molar-refractivity contribution in [1.29, 1.82) is 0 Å². The monoisotopic (exact) mass is 283 g/mol. The molecule has 1 aromatic carbocycles. The van der Waals surface area contributed by atoms with Gasteiger partial charge < -0.3 is 9.73 Å². The van der Waals surface area contributed by atoms with E-state index in [1.807, 2.05) is 24.4 Å². The molecule has 0 radical (unpaired) electrons. The third kappa shape index (κ3) is 2.74. The molecule has 4 nitrogen and oxygen atoms in total. The second kappa shape index (κ2) is 5.62. The molecule has 4 heteroatoms. The molecular weight excluding hydrogens is 262 g/mol. The molecule has 0 saturated carbocycles. The Kier molecular flexibility index (Phi) is 3.49. The van der Waals surface area contributed by atoms with Crippen molar-refractivity contribution in [1.82, 2.24) is 15.2 Å². The predicted molar refractivity (Wildman–Crippen MR) is 81.7 cm³/mol. The summed E-state index contributed by atoms with van der Waals surface area (Å²) < 4.78 is 5.92. The van der Waals surface area contributed by atoms with Gasteiger partial charge in [0.2, 0.25) is 5.89 Å². The highest BCUT2D eigenvalue weighted by atomic mass is 16.4. The second-order valence-corrected chi connectivity index (χ2v) is 6.12. The maximum atomic E-state index is 5.92. The van der Waals surface area contributed by atoms with E-state index in [2.05, 4.69) is 27.3 Å². The van der Waals surface area contributed by atoms with Crippen LogP contribution in [-0.2, 0) is 6.54 Å². The van der Waals surface area contributed by atoms with Crippen LogP contribution in [0.2, 0.25) is 0 Å². The zero-order valence-electron chi connectivity index (χ0n) is 12.2. The van der Waals surface area contributed by atoms with Gasteiger partial charge in [0.1, 0.15) is 0 Å². The van der Waals surface area contributed by atoms with E-state index >= 15 is 0 Å². The average molecular weight is 283 g/mol. The number of piperidine rings is 1. The Hall–Kier alpha value is -1.65. The third-order valence-electron chi connectivity index (χ3n) is 4.71. The molecule has 2 atom stereocenters. The van der Waals surface area contributed by atoms with E-state index < -0.39 is 0 Å². The lowest BCUT2D eigenvalue weighted by Crippen LogP contribution is -2.43. The number of hydrogen-bond donors (Lipinski definition) is 1. The molecule has 0 amide bonds. The Morgan fingerprint density at radius 2 is 2.14 bits per heavy atom. The van der Waals surface area contributed by atoms with Crippen LogP contribution in [-0.4, -0.2) is 35.6 Å². The lowest BCUT2D eigenvalue weighted by atomic mass is 9.93. The minimum atomic E-state index is 0.741. The van der Waals surface area contributed by atoms with Crippen molar-refractivity contribution in [3.63, 3.8) is 0 Å². The maximum absolute atomic E-state index is 5.92. The normalized spacial score (nSPS) is 25.9. The van der Waals surface area contributed by atoms with Crippen LogP contribution in [0.15, 0.2) is 40.9 Å². The molecule has 2 aromatic rings. The molecule has 2 fully saturated rings. The highest BCUT2D eigenvalue weighted by molar-refractivity contribution is 5.55. The van der Waals surface area contributed by atoms with Crippen molar-refractivity contribution in [3.8, 4) is 11.3 Å². The first-order valence-electron chi connectivity index (χ1n) is 7.84. The quantitative estimate of drug-likeness (QED) is 0.940. The number of aromatic nitrogens is 1. The van der Waals surface area contributed by atoms with E-state index in [0.717, 1.165) is 42.3 Å². The van der Waals surface area contributed by atoms with Crippen molar-refractivity contribution < 1.29 is 4.42 Å². The molecule has 0 spiro atoms. The van der Waals surface area contributed by atoms with Crippen LogP contribution in [0.5, 0.6) is 0 Å². The van der Waals surface area contributed by atoms with Gasteiger partial charge in [-0.1, -0.05) is 30.3 Å². The molecule has 0 bridgehead atoms. The van der Waals surface area contributed by atoms with E-state index in [0.29, 0.717) is 0 Å². The Morgan fingerprint density at radius 1 is 1.24 bits per heavy atom. The molecule has 2 aliphatic heterocycles. The molecule has 1 N–H and O–H groups in total. The van der Waals surface area contributed by atoms with Gasteiger partial charge in [0.15, 0.2) is 5.76 Å². The summed E-state index contributed by atoms with van der Waals surface area (Å²) in [6.07, 6.45) is 4.40. The molecule has 2 aliphatic rings. The Labute approximate surface area is 125 Å². The summed E-state index contributed by atoms with van der Waals surface area (Å²) in [5, 5.41) is 3.60. The first-order chi connectivity index (χ1) is 10.4. The first-order valence-corrected chi connectivity index (χ1v) is 7.84. The van der Waals surface area contributed by atoms with Gasteiger partial charge in [0.25, 0.3) is 0 Å². The van der Waals surface area contributed by atoms with Gasteiger partial charge >= 0.3 is 0 Å². The number of likely N-dealkylation sites (tertiary alicyclic amines) is 1. The van der Waals surface area contributed by atoms with Gasteiger partial charge in [0.05, 0.1) is 12.7 Å². The summed E-state index contributed by atoms with van der Waals surface area (Å²) in [6.45, 7) is 4.31. The summed E-state index contributed by atoms with van der Waals surface area (Å²) in [4.78, 5) is 6.93. The molecule has 0 aliphatic carbocycles. The van der Waals surface area contributed by atoms with Crippen molar-refractivity contribution in [2.45, 2.75) is 25.4 Å². The van der Waals surface area contributed by atoms with Crippen LogP contribution in [0.3, 0.4) is 0 Å². The lowest BCUT2D eigenvalue weighted by Gasteiger charge is -2.33. The van der Waals surface area contributed by atoms with Crippen molar-refractivity contribution in [2.75, 3.05) is 19.6 Å². The molecule has 2 saturated heterocycles. The zero-order valence-corrected chi connectivity index (χ0v) is 12.2.